The molecule has 128 valence electrons. The average molecular weight is 355 g/mol. The smallest absolute Gasteiger partial charge is 0.262 e. The lowest BCUT2D eigenvalue weighted by atomic mass is 10.1. The number of ether oxygens (including phenoxy) is 1. The maximum absolute atomic E-state index is 12.3. The van der Waals surface area contributed by atoms with Crippen molar-refractivity contribution in [1.82, 2.24) is 4.98 Å². The third kappa shape index (κ3) is 3.74. The highest BCUT2D eigenvalue weighted by atomic mass is 35.5. The van der Waals surface area contributed by atoms with Crippen molar-refractivity contribution in [3.05, 3.63) is 64.3 Å². The van der Waals surface area contributed by atoms with Crippen molar-refractivity contribution >= 4 is 34.1 Å². The number of nitrogens with zero attached hydrogens (tertiary/aromatic N) is 1. The van der Waals surface area contributed by atoms with Gasteiger partial charge in [0.1, 0.15) is 5.75 Å². The lowest BCUT2D eigenvalue weighted by Crippen LogP contribution is -2.20. The predicted molar refractivity (Wildman–Crippen MR) is 102 cm³/mol. The van der Waals surface area contributed by atoms with Gasteiger partial charge in [-0.25, -0.2) is 0 Å². The summed E-state index contributed by atoms with van der Waals surface area (Å²) in [5.74, 6) is 0.498. The fourth-order valence-corrected chi connectivity index (χ4v) is 2.79. The number of fused-ring (bicyclic) bond motifs is 1. The van der Waals surface area contributed by atoms with Crippen LogP contribution >= 0.6 is 11.6 Å². The standard InChI is InChI=1S/C20H19ClN2O2/c1-12-4-5-13(2)18(10-12)25-11-19(24)23-17-8-9-22-20-14(3)16(21)7-6-15(17)20/h4-10H,11H2,1-3H3,(H,22,23,24). The molecule has 3 aromatic rings. The zero-order valence-electron chi connectivity index (χ0n) is 14.4. The Labute approximate surface area is 151 Å². The Morgan fingerprint density at radius 3 is 2.76 bits per heavy atom. The molecule has 25 heavy (non-hydrogen) atoms. The van der Waals surface area contributed by atoms with E-state index in [0.29, 0.717) is 10.7 Å². The quantitative estimate of drug-likeness (QED) is 0.730. The minimum absolute atomic E-state index is 0.0549. The van der Waals surface area contributed by atoms with Gasteiger partial charge in [-0.15, -0.1) is 0 Å². The Balaban J connectivity index is 1.76. The van der Waals surface area contributed by atoms with Gasteiger partial charge in [-0.3, -0.25) is 9.78 Å². The number of aryl methyl sites for hydroxylation is 3. The summed E-state index contributed by atoms with van der Waals surface area (Å²) in [5.41, 5.74) is 4.45. The molecule has 0 bridgehead atoms. The van der Waals surface area contributed by atoms with Crippen LogP contribution in [0.2, 0.25) is 5.02 Å². The van der Waals surface area contributed by atoms with Gasteiger partial charge in [0.2, 0.25) is 0 Å². The topological polar surface area (TPSA) is 51.2 Å². The van der Waals surface area contributed by atoms with Crippen molar-refractivity contribution < 1.29 is 9.53 Å². The number of amides is 1. The molecule has 1 amide bonds. The van der Waals surface area contributed by atoms with E-state index in [-0.39, 0.29) is 12.5 Å². The summed E-state index contributed by atoms with van der Waals surface area (Å²) in [7, 11) is 0. The van der Waals surface area contributed by atoms with E-state index >= 15 is 0 Å². The van der Waals surface area contributed by atoms with Crippen LogP contribution in [0.1, 0.15) is 16.7 Å². The van der Waals surface area contributed by atoms with Crippen LogP contribution in [0.25, 0.3) is 10.9 Å². The van der Waals surface area contributed by atoms with Crippen molar-refractivity contribution in [2.75, 3.05) is 11.9 Å². The van der Waals surface area contributed by atoms with Gasteiger partial charge >= 0.3 is 0 Å². The Hall–Kier alpha value is -2.59. The number of anilines is 1. The first-order valence-corrected chi connectivity index (χ1v) is 8.37. The van der Waals surface area contributed by atoms with E-state index in [1.165, 1.54) is 0 Å². The van der Waals surface area contributed by atoms with E-state index < -0.39 is 0 Å². The number of hydrogen-bond donors (Lipinski definition) is 1. The normalized spacial score (nSPS) is 10.7. The number of pyridine rings is 1. The van der Waals surface area contributed by atoms with Crippen LogP contribution in [0.4, 0.5) is 5.69 Å². The highest BCUT2D eigenvalue weighted by Crippen LogP contribution is 2.28. The summed E-state index contributed by atoms with van der Waals surface area (Å²) in [6.07, 6.45) is 1.66. The monoisotopic (exact) mass is 354 g/mol. The summed E-state index contributed by atoms with van der Waals surface area (Å²) in [6.45, 7) is 5.80. The first kappa shape index (κ1) is 17.2. The maximum Gasteiger partial charge on any atom is 0.262 e. The van der Waals surface area contributed by atoms with E-state index in [1.807, 2.05) is 51.1 Å². The summed E-state index contributed by atoms with van der Waals surface area (Å²) in [6, 6.07) is 11.4. The molecule has 0 fully saturated rings. The van der Waals surface area contributed by atoms with Crippen LogP contribution in [-0.2, 0) is 4.79 Å². The fraction of sp³-hybridized carbons (Fsp3) is 0.200. The van der Waals surface area contributed by atoms with Gasteiger partial charge in [0, 0.05) is 16.6 Å². The molecule has 1 aromatic heterocycles. The lowest BCUT2D eigenvalue weighted by molar-refractivity contribution is -0.118. The molecular weight excluding hydrogens is 336 g/mol. The van der Waals surface area contributed by atoms with E-state index in [1.54, 1.807) is 12.3 Å². The van der Waals surface area contributed by atoms with E-state index in [2.05, 4.69) is 10.3 Å². The molecule has 0 unspecified atom stereocenters. The van der Waals surface area contributed by atoms with Gasteiger partial charge in [0.05, 0.1) is 11.2 Å². The molecule has 2 aromatic carbocycles. The highest BCUT2D eigenvalue weighted by molar-refractivity contribution is 6.32. The third-order valence-electron chi connectivity index (χ3n) is 4.08. The maximum atomic E-state index is 12.3. The number of carbonyl (C=O) groups is 1. The van der Waals surface area contributed by atoms with Crippen LogP contribution in [-0.4, -0.2) is 17.5 Å². The van der Waals surface area contributed by atoms with Crippen LogP contribution in [0, 0.1) is 20.8 Å². The number of halogens is 1. The van der Waals surface area contributed by atoms with Gasteiger partial charge in [-0.2, -0.15) is 0 Å². The van der Waals surface area contributed by atoms with Gasteiger partial charge < -0.3 is 10.1 Å². The molecule has 0 atom stereocenters. The number of carbonyl (C=O) groups excluding carboxylic acids is 1. The molecule has 3 rings (SSSR count). The van der Waals surface area contributed by atoms with E-state index in [0.717, 1.165) is 33.3 Å². The molecule has 0 radical (unpaired) electrons. The van der Waals surface area contributed by atoms with Crippen molar-refractivity contribution in [3.8, 4) is 5.75 Å². The number of hydrogen-bond acceptors (Lipinski definition) is 3. The molecule has 0 aliphatic carbocycles. The molecule has 0 aliphatic rings. The third-order valence-corrected chi connectivity index (χ3v) is 4.49. The summed E-state index contributed by atoms with van der Waals surface area (Å²) < 4.78 is 5.66. The second kappa shape index (κ2) is 7.11. The Bertz CT molecular complexity index is 954. The largest absolute Gasteiger partial charge is 0.483 e. The van der Waals surface area contributed by atoms with Gasteiger partial charge in [-0.1, -0.05) is 23.7 Å². The van der Waals surface area contributed by atoms with Crippen molar-refractivity contribution in [3.63, 3.8) is 0 Å². The number of benzene rings is 2. The Morgan fingerprint density at radius 1 is 1.16 bits per heavy atom. The molecule has 0 saturated heterocycles. The van der Waals surface area contributed by atoms with Crippen LogP contribution < -0.4 is 10.1 Å². The molecule has 0 spiro atoms. The molecule has 5 heteroatoms. The SMILES string of the molecule is Cc1ccc(C)c(OCC(=O)Nc2ccnc3c(C)c(Cl)ccc23)c1. The number of rotatable bonds is 4. The minimum atomic E-state index is -0.221. The summed E-state index contributed by atoms with van der Waals surface area (Å²) in [4.78, 5) is 16.7. The zero-order chi connectivity index (χ0) is 18.0. The molecule has 1 N–H and O–H groups in total. The van der Waals surface area contributed by atoms with Crippen LogP contribution in [0.15, 0.2) is 42.6 Å². The minimum Gasteiger partial charge on any atom is -0.483 e. The predicted octanol–water partition coefficient (Wildman–Crippen LogP) is 4.83. The van der Waals surface area contributed by atoms with Gasteiger partial charge in [0.15, 0.2) is 6.61 Å². The first-order chi connectivity index (χ1) is 12.0. The number of aromatic nitrogens is 1. The Morgan fingerprint density at radius 2 is 1.96 bits per heavy atom. The van der Waals surface area contributed by atoms with Crippen molar-refractivity contribution in [2.45, 2.75) is 20.8 Å². The first-order valence-electron chi connectivity index (χ1n) is 7.99. The molecular formula is C20H19ClN2O2. The van der Waals surface area contributed by atoms with Crippen LogP contribution in [0.3, 0.4) is 0 Å². The molecule has 0 aliphatic heterocycles. The van der Waals surface area contributed by atoms with Crippen molar-refractivity contribution in [2.24, 2.45) is 0 Å². The molecule has 0 saturated carbocycles. The van der Waals surface area contributed by atoms with E-state index in [4.69, 9.17) is 16.3 Å². The molecule has 4 nitrogen and oxygen atoms in total. The van der Waals surface area contributed by atoms with Crippen molar-refractivity contribution in [1.29, 1.82) is 0 Å². The zero-order valence-corrected chi connectivity index (χ0v) is 15.1. The summed E-state index contributed by atoms with van der Waals surface area (Å²) >= 11 is 6.14. The van der Waals surface area contributed by atoms with Crippen LogP contribution in [0.5, 0.6) is 5.75 Å². The second-order valence-electron chi connectivity index (χ2n) is 6.03. The Kier molecular flexibility index (Phi) is 4.91. The van der Waals surface area contributed by atoms with Gasteiger partial charge in [-0.05, 0) is 61.7 Å². The lowest BCUT2D eigenvalue weighted by Gasteiger charge is -2.12. The second-order valence-corrected chi connectivity index (χ2v) is 6.44. The average Bonchev–Trinajstić information content (AvgIpc) is 2.59. The number of nitrogens with one attached hydrogen (secondary N) is 1. The fourth-order valence-electron chi connectivity index (χ4n) is 2.64. The van der Waals surface area contributed by atoms with Gasteiger partial charge in [0.25, 0.3) is 5.91 Å². The van der Waals surface area contributed by atoms with E-state index in [9.17, 15) is 4.79 Å². The summed E-state index contributed by atoms with van der Waals surface area (Å²) in [5, 5.41) is 4.39. The molecule has 1 heterocycles. The highest BCUT2D eigenvalue weighted by Gasteiger charge is 2.11.